The summed E-state index contributed by atoms with van der Waals surface area (Å²) in [6.07, 6.45) is 2.82. The third-order valence-electron chi connectivity index (χ3n) is 14.1. The van der Waals surface area contributed by atoms with Gasteiger partial charge < -0.3 is 4.42 Å². The van der Waals surface area contributed by atoms with Gasteiger partial charge in [0.05, 0.1) is 11.4 Å². The molecule has 2 aliphatic carbocycles. The van der Waals surface area contributed by atoms with E-state index in [9.17, 15) is 0 Å². The number of hydrogen-bond acceptors (Lipinski definition) is 3. The van der Waals surface area contributed by atoms with Gasteiger partial charge in [0, 0.05) is 27.8 Å². The van der Waals surface area contributed by atoms with E-state index in [1.165, 1.54) is 72.3 Å². The van der Waals surface area contributed by atoms with Crippen molar-refractivity contribution < 1.29 is 4.42 Å². The Labute approximate surface area is 384 Å². The van der Waals surface area contributed by atoms with Crippen LogP contribution in [0.1, 0.15) is 45.5 Å². The van der Waals surface area contributed by atoms with E-state index in [2.05, 4.69) is 200 Å². The highest BCUT2D eigenvalue weighted by Gasteiger charge is 2.30. The monoisotopic (exact) mass is 844 g/mol. The molecule has 0 saturated carbocycles. The van der Waals surface area contributed by atoms with Crippen LogP contribution in [0.3, 0.4) is 0 Å². The van der Waals surface area contributed by atoms with Crippen molar-refractivity contribution in [3.8, 4) is 67.0 Å². The average Bonchev–Trinajstić information content (AvgIpc) is 3.78. The largest absolute Gasteiger partial charge is 0.456 e. The van der Waals surface area contributed by atoms with Crippen LogP contribution in [0.2, 0.25) is 0 Å². The molecule has 0 aliphatic heterocycles. The molecule has 9 aromatic carbocycles. The Bertz CT molecular complexity index is 3640. The first-order valence-electron chi connectivity index (χ1n) is 23.1. The van der Waals surface area contributed by atoms with Crippen LogP contribution in [-0.2, 0) is 19.3 Å². The molecule has 0 saturated heterocycles. The van der Waals surface area contributed by atoms with Gasteiger partial charge in [-0.15, -0.1) is 0 Å². The molecule has 0 spiro atoms. The topological polar surface area (TPSA) is 38.9 Å². The Morgan fingerprint density at radius 3 is 1.76 bits per heavy atom. The number of para-hydroxylation sites is 1. The van der Waals surface area contributed by atoms with Gasteiger partial charge in [-0.3, -0.25) is 0 Å². The van der Waals surface area contributed by atoms with E-state index >= 15 is 0 Å². The molecule has 2 unspecified atom stereocenters. The molecule has 3 heteroatoms. The minimum atomic E-state index is -0.0312. The first-order valence-corrected chi connectivity index (χ1v) is 23.1. The van der Waals surface area contributed by atoms with Gasteiger partial charge in [-0.05, 0) is 128 Å². The number of rotatable bonds is 7. The highest BCUT2D eigenvalue weighted by molar-refractivity contribution is 6.12. The molecule has 3 nitrogen and oxygen atoms in total. The summed E-state index contributed by atoms with van der Waals surface area (Å²) in [5.74, 6) is 1.21. The lowest BCUT2D eigenvalue weighted by atomic mass is 9.75. The number of benzene rings is 9. The lowest BCUT2D eigenvalue weighted by Crippen LogP contribution is -2.16. The van der Waals surface area contributed by atoms with Gasteiger partial charge in [0.15, 0.2) is 0 Å². The number of fused-ring (bicyclic) bond motifs is 9. The fourth-order valence-corrected chi connectivity index (χ4v) is 10.9. The Morgan fingerprint density at radius 2 is 0.970 bits per heavy atom. The van der Waals surface area contributed by atoms with E-state index in [0.29, 0.717) is 5.92 Å². The van der Waals surface area contributed by atoms with Crippen molar-refractivity contribution in [3.05, 3.63) is 252 Å². The van der Waals surface area contributed by atoms with Crippen molar-refractivity contribution >= 4 is 21.9 Å². The summed E-state index contributed by atoms with van der Waals surface area (Å²) >= 11 is 0. The molecule has 0 radical (unpaired) electrons. The van der Waals surface area contributed by atoms with E-state index < -0.39 is 0 Å². The van der Waals surface area contributed by atoms with E-state index in [4.69, 9.17) is 14.4 Å². The van der Waals surface area contributed by atoms with Gasteiger partial charge in [0.2, 0.25) is 0 Å². The maximum atomic E-state index is 6.34. The van der Waals surface area contributed by atoms with Crippen molar-refractivity contribution in [2.24, 2.45) is 0 Å². The Kier molecular flexibility index (Phi) is 9.19. The number of hydrogen-bond donors (Lipinski definition) is 0. The van der Waals surface area contributed by atoms with Crippen LogP contribution >= 0.6 is 0 Å². The molecule has 0 bridgehead atoms. The highest BCUT2D eigenvalue weighted by Crippen LogP contribution is 2.47. The lowest BCUT2D eigenvalue weighted by Gasteiger charge is -2.29. The maximum Gasteiger partial charge on any atom is 0.137 e. The van der Waals surface area contributed by atoms with Gasteiger partial charge in [0.1, 0.15) is 17.0 Å². The standard InChI is InChI=1S/C63H44N2O/c1-3-16-41(17-4-1)43-20-13-15-40(33-43)34-48-35-46-31-29-44(36-55(46)50-22-8-7-21-49(48)50)45-30-32-47-38-57(52-24-10-9-23-51(52)56(47)37-45)63-64-58(42-18-5-2-6-19-42)39-59(65-63)53-26-14-28-61-62(53)54-25-11-12-27-60(54)66-61/h1-33,36-37,39,48,57H,34-35,38H2. The molecule has 13 rings (SSSR count). The summed E-state index contributed by atoms with van der Waals surface area (Å²) < 4.78 is 6.34. The zero-order chi connectivity index (χ0) is 43.6. The molecule has 312 valence electrons. The Hall–Kier alpha value is -8.14. The summed E-state index contributed by atoms with van der Waals surface area (Å²) in [7, 11) is 0. The zero-order valence-electron chi connectivity index (χ0n) is 36.4. The normalized spacial score (nSPS) is 14.9. The number of aromatic nitrogens is 2. The van der Waals surface area contributed by atoms with Crippen LogP contribution in [0.25, 0.3) is 89.0 Å². The summed E-state index contributed by atoms with van der Waals surface area (Å²) in [4.78, 5) is 10.9. The second-order valence-electron chi connectivity index (χ2n) is 18.0. The molecular weight excluding hydrogens is 801 g/mol. The van der Waals surface area contributed by atoms with E-state index in [1.807, 2.05) is 18.2 Å². The van der Waals surface area contributed by atoms with Gasteiger partial charge >= 0.3 is 0 Å². The summed E-state index contributed by atoms with van der Waals surface area (Å²) in [5.41, 5.74) is 22.7. The summed E-state index contributed by atoms with van der Waals surface area (Å²) in [6, 6.07) is 79.2. The lowest BCUT2D eigenvalue weighted by molar-refractivity contribution is 0.669. The van der Waals surface area contributed by atoms with Crippen LogP contribution < -0.4 is 0 Å². The molecule has 2 heterocycles. The molecule has 0 fully saturated rings. The Morgan fingerprint density at radius 1 is 0.394 bits per heavy atom. The number of furan rings is 1. The fourth-order valence-electron chi connectivity index (χ4n) is 10.9. The molecule has 11 aromatic rings. The maximum absolute atomic E-state index is 6.34. The third kappa shape index (κ3) is 6.66. The van der Waals surface area contributed by atoms with Gasteiger partial charge in [-0.2, -0.15) is 0 Å². The molecule has 2 atom stereocenters. The first kappa shape index (κ1) is 38.3. The minimum absolute atomic E-state index is 0.0312. The fraction of sp³-hybridized carbons (Fsp3) is 0.0794. The van der Waals surface area contributed by atoms with Gasteiger partial charge in [0.25, 0.3) is 0 Å². The molecule has 66 heavy (non-hydrogen) atoms. The second-order valence-corrected chi connectivity index (χ2v) is 18.0. The van der Waals surface area contributed by atoms with Crippen LogP contribution in [-0.4, -0.2) is 9.97 Å². The average molecular weight is 845 g/mol. The minimum Gasteiger partial charge on any atom is -0.456 e. The van der Waals surface area contributed by atoms with Gasteiger partial charge in [-0.25, -0.2) is 9.97 Å². The Balaban J connectivity index is 0.855. The van der Waals surface area contributed by atoms with Crippen LogP contribution in [0.4, 0.5) is 0 Å². The predicted molar refractivity (Wildman–Crippen MR) is 271 cm³/mol. The molecular formula is C63H44N2O. The second kappa shape index (κ2) is 15.8. The molecule has 0 amide bonds. The quantitative estimate of drug-likeness (QED) is 0.160. The molecule has 2 aromatic heterocycles. The van der Waals surface area contributed by atoms with E-state index in [-0.39, 0.29) is 5.92 Å². The van der Waals surface area contributed by atoms with E-state index in [1.54, 1.807) is 0 Å². The smallest absolute Gasteiger partial charge is 0.137 e. The molecule has 2 aliphatic rings. The van der Waals surface area contributed by atoms with Crippen LogP contribution in [0.15, 0.2) is 223 Å². The van der Waals surface area contributed by atoms with Crippen molar-refractivity contribution in [3.63, 3.8) is 0 Å². The van der Waals surface area contributed by atoms with Crippen molar-refractivity contribution in [2.45, 2.75) is 31.1 Å². The van der Waals surface area contributed by atoms with E-state index in [0.717, 1.165) is 69.5 Å². The van der Waals surface area contributed by atoms with Gasteiger partial charge in [-0.1, -0.05) is 188 Å². The van der Waals surface area contributed by atoms with Crippen molar-refractivity contribution in [2.75, 3.05) is 0 Å². The highest BCUT2D eigenvalue weighted by atomic mass is 16.3. The predicted octanol–water partition coefficient (Wildman–Crippen LogP) is 15.9. The van der Waals surface area contributed by atoms with Crippen molar-refractivity contribution in [1.29, 1.82) is 0 Å². The third-order valence-corrected chi connectivity index (χ3v) is 14.1. The van der Waals surface area contributed by atoms with Crippen molar-refractivity contribution in [1.82, 2.24) is 9.97 Å². The van der Waals surface area contributed by atoms with Crippen LogP contribution in [0.5, 0.6) is 0 Å². The van der Waals surface area contributed by atoms with Crippen LogP contribution in [0, 0.1) is 0 Å². The summed E-state index contributed by atoms with van der Waals surface area (Å²) in [5, 5.41) is 2.17. The number of nitrogens with zero attached hydrogens (tertiary/aromatic N) is 2. The SMILES string of the molecule is c1ccc(-c2cccc(CC3Cc4ccc(-c5ccc6c(c5)-c5ccccc5C(c5nc(-c7ccccc7)cc(-c7cccc8oc9ccccc9c78)n5)C6)cc4-c4ccccc43)c2)cc1. The zero-order valence-corrected chi connectivity index (χ0v) is 36.4. The molecule has 0 N–H and O–H groups in total. The first-order chi connectivity index (χ1) is 32.7. The summed E-state index contributed by atoms with van der Waals surface area (Å²) in [6.45, 7) is 0.